The fourth-order valence-corrected chi connectivity index (χ4v) is 3.45. The molecule has 0 aliphatic carbocycles. The summed E-state index contributed by atoms with van der Waals surface area (Å²) in [7, 11) is 0. The van der Waals surface area contributed by atoms with Crippen LogP contribution in [-0.4, -0.2) is 44.8 Å². The second-order valence-corrected chi connectivity index (χ2v) is 8.27. The van der Waals surface area contributed by atoms with Crippen molar-refractivity contribution < 1.29 is 9.90 Å². The molecule has 7 heteroatoms. The molecule has 1 aliphatic heterocycles. The van der Waals surface area contributed by atoms with Gasteiger partial charge >= 0.3 is 0 Å². The Kier molecular flexibility index (Phi) is 4.55. The Labute approximate surface area is 164 Å². The minimum atomic E-state index is -0.349. The van der Waals surface area contributed by atoms with E-state index < -0.39 is 0 Å². The smallest absolute Gasteiger partial charge is 0.256 e. The second kappa shape index (κ2) is 6.91. The molecule has 1 amide bonds. The van der Waals surface area contributed by atoms with Crippen molar-refractivity contribution in [2.75, 3.05) is 23.3 Å². The largest absolute Gasteiger partial charge is 0.391 e. The van der Waals surface area contributed by atoms with Crippen LogP contribution in [0.2, 0.25) is 0 Å². The summed E-state index contributed by atoms with van der Waals surface area (Å²) in [6, 6.07) is 11.2. The Bertz CT molecular complexity index is 1000. The Morgan fingerprint density at radius 2 is 1.96 bits per heavy atom. The Hall–Kier alpha value is -2.93. The summed E-state index contributed by atoms with van der Waals surface area (Å²) < 4.78 is 1.73. The van der Waals surface area contributed by atoms with Crippen LogP contribution in [0, 0.1) is 0 Å². The van der Waals surface area contributed by atoms with Crippen molar-refractivity contribution in [2.24, 2.45) is 0 Å². The van der Waals surface area contributed by atoms with Crippen LogP contribution in [0.4, 0.5) is 11.6 Å². The molecule has 1 aliphatic rings. The van der Waals surface area contributed by atoms with Gasteiger partial charge in [0, 0.05) is 30.8 Å². The molecule has 7 nitrogen and oxygen atoms in total. The van der Waals surface area contributed by atoms with Crippen LogP contribution in [0.3, 0.4) is 0 Å². The van der Waals surface area contributed by atoms with Crippen LogP contribution >= 0.6 is 0 Å². The highest BCUT2D eigenvalue weighted by molar-refractivity contribution is 6.04. The maximum atomic E-state index is 12.7. The van der Waals surface area contributed by atoms with Crippen molar-refractivity contribution >= 4 is 23.2 Å². The third-order valence-corrected chi connectivity index (χ3v) is 5.08. The first-order valence-corrected chi connectivity index (χ1v) is 9.51. The topological polar surface area (TPSA) is 82.8 Å². The predicted molar refractivity (Wildman–Crippen MR) is 109 cm³/mol. The van der Waals surface area contributed by atoms with E-state index in [1.165, 1.54) is 5.56 Å². The maximum Gasteiger partial charge on any atom is 0.256 e. The molecule has 4 rings (SSSR count). The molecule has 3 aromatic rings. The molecule has 146 valence electrons. The number of aliphatic hydroxyl groups is 1. The lowest BCUT2D eigenvalue weighted by atomic mass is 9.87. The number of amides is 1. The summed E-state index contributed by atoms with van der Waals surface area (Å²) in [5.41, 5.74) is 2.45. The van der Waals surface area contributed by atoms with Gasteiger partial charge in [-0.1, -0.05) is 32.9 Å². The number of nitrogens with zero attached hydrogens (tertiary/aromatic N) is 4. The van der Waals surface area contributed by atoms with E-state index in [-0.39, 0.29) is 17.4 Å². The lowest BCUT2D eigenvalue weighted by Crippen LogP contribution is -2.24. The summed E-state index contributed by atoms with van der Waals surface area (Å²) in [6.07, 6.45) is 2.04. The third-order valence-electron chi connectivity index (χ3n) is 5.08. The van der Waals surface area contributed by atoms with E-state index in [9.17, 15) is 9.90 Å². The highest BCUT2D eigenvalue weighted by Gasteiger charge is 2.24. The number of nitrogens with one attached hydrogen (secondary N) is 1. The molecule has 1 unspecified atom stereocenters. The number of aromatic nitrogens is 3. The normalized spacial score (nSPS) is 17.3. The van der Waals surface area contributed by atoms with Crippen molar-refractivity contribution in [3.05, 3.63) is 53.7 Å². The molecule has 0 bridgehead atoms. The zero-order chi connectivity index (χ0) is 19.9. The molecule has 0 saturated carbocycles. The van der Waals surface area contributed by atoms with Gasteiger partial charge < -0.3 is 15.3 Å². The standard InChI is InChI=1S/C21H25N5O2/c1-21(2,3)15-6-4-14(5-7-15)20(28)24-17-12-19(25-11-9-16(27)13-25)26-18(23-17)8-10-22-26/h4-8,10,12,16,27H,9,11,13H2,1-3H3,(H,23,24,28). The number of benzene rings is 1. The van der Waals surface area contributed by atoms with Gasteiger partial charge in [-0.25, -0.2) is 4.98 Å². The molecule has 3 heterocycles. The summed E-state index contributed by atoms with van der Waals surface area (Å²) in [5.74, 6) is 1.07. The van der Waals surface area contributed by atoms with Crippen LogP contribution < -0.4 is 10.2 Å². The number of carbonyl (C=O) groups excluding carboxylic acids is 1. The number of hydrogen-bond acceptors (Lipinski definition) is 5. The molecular weight excluding hydrogens is 354 g/mol. The van der Waals surface area contributed by atoms with Gasteiger partial charge in [0.05, 0.1) is 12.3 Å². The minimum absolute atomic E-state index is 0.0405. The fourth-order valence-electron chi connectivity index (χ4n) is 3.45. The van der Waals surface area contributed by atoms with Gasteiger partial charge in [-0.2, -0.15) is 9.61 Å². The number of carbonyl (C=O) groups is 1. The Balaban J connectivity index is 1.60. The molecule has 1 saturated heterocycles. The number of rotatable bonds is 3. The van der Waals surface area contributed by atoms with E-state index in [0.29, 0.717) is 30.0 Å². The van der Waals surface area contributed by atoms with Crippen molar-refractivity contribution in [1.29, 1.82) is 0 Å². The SMILES string of the molecule is CC(C)(C)c1ccc(C(=O)Nc2cc(N3CCC(O)C3)n3nccc3n2)cc1. The van der Waals surface area contributed by atoms with Crippen molar-refractivity contribution in [1.82, 2.24) is 14.6 Å². The van der Waals surface area contributed by atoms with Crippen molar-refractivity contribution in [3.8, 4) is 0 Å². The molecule has 1 atom stereocenters. The van der Waals surface area contributed by atoms with Gasteiger partial charge in [0.1, 0.15) is 11.6 Å². The van der Waals surface area contributed by atoms with Crippen LogP contribution in [0.5, 0.6) is 0 Å². The van der Waals surface area contributed by atoms with Crippen LogP contribution in [0.1, 0.15) is 43.1 Å². The van der Waals surface area contributed by atoms with E-state index in [4.69, 9.17) is 0 Å². The summed E-state index contributed by atoms with van der Waals surface area (Å²) >= 11 is 0. The highest BCUT2D eigenvalue weighted by Crippen LogP contribution is 2.25. The summed E-state index contributed by atoms with van der Waals surface area (Å²) in [5, 5.41) is 17.1. The summed E-state index contributed by atoms with van der Waals surface area (Å²) in [6.45, 7) is 7.71. The first kappa shape index (κ1) is 18.4. The molecule has 2 N–H and O–H groups in total. The molecule has 1 aromatic carbocycles. The van der Waals surface area contributed by atoms with E-state index in [1.807, 2.05) is 24.3 Å². The first-order chi connectivity index (χ1) is 13.3. The van der Waals surface area contributed by atoms with Gasteiger partial charge in [-0.3, -0.25) is 4.79 Å². The number of aliphatic hydroxyl groups excluding tert-OH is 1. The third kappa shape index (κ3) is 3.57. The van der Waals surface area contributed by atoms with Gasteiger partial charge in [-0.05, 0) is 29.5 Å². The van der Waals surface area contributed by atoms with Gasteiger partial charge in [0.2, 0.25) is 0 Å². The van der Waals surface area contributed by atoms with E-state index in [0.717, 1.165) is 12.4 Å². The number of hydrogen-bond donors (Lipinski definition) is 2. The fraction of sp³-hybridized carbons (Fsp3) is 0.381. The highest BCUT2D eigenvalue weighted by atomic mass is 16.3. The zero-order valence-electron chi connectivity index (χ0n) is 16.4. The van der Waals surface area contributed by atoms with E-state index >= 15 is 0 Å². The monoisotopic (exact) mass is 379 g/mol. The van der Waals surface area contributed by atoms with E-state index in [1.54, 1.807) is 22.8 Å². The minimum Gasteiger partial charge on any atom is -0.391 e. The molecule has 2 aromatic heterocycles. The Morgan fingerprint density at radius 3 is 2.61 bits per heavy atom. The molecule has 28 heavy (non-hydrogen) atoms. The molecular formula is C21H25N5O2. The van der Waals surface area contributed by atoms with Gasteiger partial charge in [0.15, 0.2) is 5.65 Å². The summed E-state index contributed by atoms with van der Waals surface area (Å²) in [4.78, 5) is 19.3. The lowest BCUT2D eigenvalue weighted by molar-refractivity contribution is 0.102. The molecule has 0 spiro atoms. The molecule has 0 radical (unpaired) electrons. The van der Waals surface area contributed by atoms with Crippen LogP contribution in [-0.2, 0) is 5.41 Å². The van der Waals surface area contributed by atoms with Gasteiger partial charge in [-0.15, -0.1) is 0 Å². The second-order valence-electron chi connectivity index (χ2n) is 8.27. The lowest BCUT2D eigenvalue weighted by Gasteiger charge is -2.20. The van der Waals surface area contributed by atoms with E-state index in [2.05, 4.69) is 41.1 Å². The average Bonchev–Trinajstić information content (AvgIpc) is 3.29. The van der Waals surface area contributed by atoms with Gasteiger partial charge in [0.25, 0.3) is 5.91 Å². The maximum absolute atomic E-state index is 12.7. The molecule has 1 fully saturated rings. The predicted octanol–water partition coefficient (Wildman–Crippen LogP) is 2.85. The van der Waals surface area contributed by atoms with Crippen molar-refractivity contribution in [2.45, 2.75) is 38.7 Å². The number of fused-ring (bicyclic) bond motifs is 1. The average molecular weight is 379 g/mol. The zero-order valence-corrected chi connectivity index (χ0v) is 16.4. The first-order valence-electron chi connectivity index (χ1n) is 9.51. The Morgan fingerprint density at radius 1 is 1.21 bits per heavy atom. The number of β-amino-alcohol motifs (C(OH)–C–C–N with tert-alkyl or cyclic N) is 1. The quantitative estimate of drug-likeness (QED) is 0.731. The number of anilines is 2. The van der Waals surface area contributed by atoms with Crippen LogP contribution in [0.15, 0.2) is 42.6 Å². The van der Waals surface area contributed by atoms with Crippen molar-refractivity contribution in [3.63, 3.8) is 0 Å². The van der Waals surface area contributed by atoms with Crippen LogP contribution in [0.25, 0.3) is 5.65 Å².